The van der Waals surface area contributed by atoms with Crippen LogP contribution in [0.25, 0.3) is 10.2 Å². The van der Waals surface area contributed by atoms with E-state index in [9.17, 15) is 4.79 Å². The van der Waals surface area contributed by atoms with E-state index in [2.05, 4.69) is 15.6 Å². The first-order chi connectivity index (χ1) is 13.0. The van der Waals surface area contributed by atoms with Gasteiger partial charge < -0.3 is 19.5 Å². The van der Waals surface area contributed by atoms with Crippen LogP contribution >= 0.6 is 23.6 Å². The molecule has 7 nitrogen and oxygen atoms in total. The number of anilines is 1. The SMILES string of the molecule is COc1cc(C(=O)NC(=S)Nc2nc3ccccc3s2)cc(OC)c1OC. The molecule has 2 N–H and O–H groups in total. The summed E-state index contributed by atoms with van der Waals surface area (Å²) in [6, 6.07) is 10.8. The number of nitrogens with one attached hydrogen (secondary N) is 2. The molecule has 3 aromatic rings. The Labute approximate surface area is 165 Å². The zero-order valence-electron chi connectivity index (χ0n) is 14.9. The van der Waals surface area contributed by atoms with E-state index < -0.39 is 5.91 Å². The summed E-state index contributed by atoms with van der Waals surface area (Å²) in [6.45, 7) is 0. The summed E-state index contributed by atoms with van der Waals surface area (Å²) in [4.78, 5) is 17.0. The van der Waals surface area contributed by atoms with Gasteiger partial charge in [-0.15, -0.1) is 0 Å². The van der Waals surface area contributed by atoms with Crippen LogP contribution in [0.5, 0.6) is 17.2 Å². The summed E-state index contributed by atoms with van der Waals surface area (Å²) in [7, 11) is 4.47. The summed E-state index contributed by atoms with van der Waals surface area (Å²) in [5.74, 6) is 0.763. The fraction of sp³-hybridized carbons (Fsp3) is 0.167. The third kappa shape index (κ3) is 4.09. The van der Waals surface area contributed by atoms with Gasteiger partial charge in [-0.25, -0.2) is 4.98 Å². The Morgan fingerprint density at radius 2 is 1.74 bits per heavy atom. The van der Waals surface area contributed by atoms with Crippen molar-refractivity contribution in [2.24, 2.45) is 0 Å². The number of hydrogen-bond donors (Lipinski definition) is 2. The summed E-state index contributed by atoms with van der Waals surface area (Å²) >= 11 is 6.67. The topological polar surface area (TPSA) is 81.7 Å². The Morgan fingerprint density at radius 3 is 2.33 bits per heavy atom. The molecule has 0 unspecified atom stereocenters. The number of hydrogen-bond acceptors (Lipinski definition) is 7. The third-order valence-electron chi connectivity index (χ3n) is 3.67. The van der Waals surface area contributed by atoms with Gasteiger partial charge in [0.05, 0.1) is 31.5 Å². The first-order valence-electron chi connectivity index (χ1n) is 7.83. The molecule has 140 valence electrons. The van der Waals surface area contributed by atoms with Crippen molar-refractivity contribution in [1.29, 1.82) is 0 Å². The van der Waals surface area contributed by atoms with E-state index in [1.807, 2.05) is 24.3 Å². The predicted molar refractivity (Wildman–Crippen MR) is 109 cm³/mol. The highest BCUT2D eigenvalue weighted by Gasteiger charge is 2.18. The van der Waals surface area contributed by atoms with E-state index in [4.69, 9.17) is 26.4 Å². The molecule has 0 bridgehead atoms. The number of thiazole rings is 1. The van der Waals surface area contributed by atoms with Gasteiger partial charge in [-0.3, -0.25) is 10.1 Å². The minimum Gasteiger partial charge on any atom is -0.493 e. The lowest BCUT2D eigenvalue weighted by molar-refractivity contribution is 0.0977. The number of fused-ring (bicyclic) bond motifs is 1. The van der Waals surface area contributed by atoms with E-state index in [0.29, 0.717) is 27.9 Å². The molecule has 1 amide bonds. The second kappa shape index (κ2) is 8.19. The number of methoxy groups -OCH3 is 3. The Kier molecular flexibility index (Phi) is 5.72. The van der Waals surface area contributed by atoms with E-state index >= 15 is 0 Å². The molecule has 0 spiro atoms. The molecule has 0 radical (unpaired) electrons. The maximum absolute atomic E-state index is 12.5. The van der Waals surface area contributed by atoms with Crippen molar-refractivity contribution in [3.05, 3.63) is 42.0 Å². The molecule has 1 aromatic heterocycles. The maximum atomic E-state index is 12.5. The fourth-order valence-electron chi connectivity index (χ4n) is 2.44. The number of benzene rings is 2. The molecule has 0 fully saturated rings. The lowest BCUT2D eigenvalue weighted by Gasteiger charge is -2.14. The van der Waals surface area contributed by atoms with E-state index in [1.165, 1.54) is 32.7 Å². The molecular formula is C18H17N3O4S2. The van der Waals surface area contributed by atoms with Crippen molar-refractivity contribution in [2.45, 2.75) is 0 Å². The van der Waals surface area contributed by atoms with Gasteiger partial charge in [0.25, 0.3) is 5.91 Å². The van der Waals surface area contributed by atoms with Crippen LogP contribution in [-0.4, -0.2) is 37.3 Å². The average molecular weight is 403 g/mol. The molecule has 0 saturated heterocycles. The Hall–Kier alpha value is -2.91. The Bertz CT molecular complexity index is 945. The van der Waals surface area contributed by atoms with Crippen LogP contribution in [0.2, 0.25) is 0 Å². The molecule has 0 aliphatic carbocycles. The van der Waals surface area contributed by atoms with Crippen LogP contribution in [-0.2, 0) is 0 Å². The minimum atomic E-state index is -0.409. The van der Waals surface area contributed by atoms with Gasteiger partial charge in [0.15, 0.2) is 21.7 Å². The highest BCUT2D eigenvalue weighted by Crippen LogP contribution is 2.38. The van der Waals surface area contributed by atoms with Crippen LogP contribution in [0, 0.1) is 0 Å². The first-order valence-corrected chi connectivity index (χ1v) is 9.06. The molecule has 2 aromatic carbocycles. The summed E-state index contributed by atoms with van der Waals surface area (Å²) in [5.41, 5.74) is 1.18. The summed E-state index contributed by atoms with van der Waals surface area (Å²) in [5, 5.41) is 6.31. The molecule has 1 heterocycles. The van der Waals surface area contributed by atoms with Gasteiger partial charge in [-0.05, 0) is 36.5 Å². The smallest absolute Gasteiger partial charge is 0.257 e. The van der Waals surface area contributed by atoms with Gasteiger partial charge in [0.1, 0.15) is 0 Å². The highest BCUT2D eigenvalue weighted by molar-refractivity contribution is 7.80. The molecule has 0 atom stereocenters. The number of amides is 1. The molecule has 0 aliphatic rings. The monoisotopic (exact) mass is 403 g/mol. The Morgan fingerprint density at radius 1 is 1.07 bits per heavy atom. The van der Waals surface area contributed by atoms with Gasteiger partial charge in [0, 0.05) is 5.56 Å². The maximum Gasteiger partial charge on any atom is 0.257 e. The van der Waals surface area contributed by atoms with Crippen molar-refractivity contribution in [3.8, 4) is 17.2 Å². The molecule has 0 aliphatic heterocycles. The van der Waals surface area contributed by atoms with E-state index in [0.717, 1.165) is 10.2 Å². The summed E-state index contributed by atoms with van der Waals surface area (Å²) < 4.78 is 16.8. The zero-order valence-corrected chi connectivity index (χ0v) is 16.5. The van der Waals surface area contributed by atoms with Crippen LogP contribution in [0.3, 0.4) is 0 Å². The number of para-hydroxylation sites is 1. The van der Waals surface area contributed by atoms with Crippen LogP contribution < -0.4 is 24.8 Å². The van der Waals surface area contributed by atoms with Gasteiger partial charge in [-0.2, -0.15) is 0 Å². The molecular weight excluding hydrogens is 386 g/mol. The van der Waals surface area contributed by atoms with Crippen molar-refractivity contribution in [3.63, 3.8) is 0 Å². The minimum absolute atomic E-state index is 0.146. The summed E-state index contributed by atoms with van der Waals surface area (Å²) in [6.07, 6.45) is 0. The third-order valence-corrected chi connectivity index (χ3v) is 4.82. The average Bonchev–Trinajstić information content (AvgIpc) is 3.08. The molecule has 27 heavy (non-hydrogen) atoms. The number of ether oxygens (including phenoxy) is 3. The van der Waals surface area contributed by atoms with Crippen molar-refractivity contribution >= 4 is 49.9 Å². The number of rotatable bonds is 5. The van der Waals surface area contributed by atoms with Crippen LogP contribution in [0.4, 0.5) is 5.13 Å². The van der Waals surface area contributed by atoms with E-state index in [1.54, 1.807) is 12.1 Å². The second-order valence-electron chi connectivity index (χ2n) is 5.31. The number of carbonyl (C=O) groups is 1. The van der Waals surface area contributed by atoms with Gasteiger partial charge >= 0.3 is 0 Å². The predicted octanol–water partition coefficient (Wildman–Crippen LogP) is 3.45. The molecule has 3 rings (SSSR count). The number of thiocarbonyl (C=S) groups is 1. The van der Waals surface area contributed by atoms with Crippen LogP contribution in [0.15, 0.2) is 36.4 Å². The largest absolute Gasteiger partial charge is 0.493 e. The Balaban J connectivity index is 1.75. The number of nitrogens with zero attached hydrogens (tertiary/aromatic N) is 1. The van der Waals surface area contributed by atoms with Crippen molar-refractivity contribution in [2.75, 3.05) is 26.6 Å². The van der Waals surface area contributed by atoms with Gasteiger partial charge in [-0.1, -0.05) is 23.5 Å². The quantitative estimate of drug-likeness (QED) is 0.632. The van der Waals surface area contributed by atoms with Crippen LogP contribution in [0.1, 0.15) is 10.4 Å². The number of aromatic nitrogens is 1. The fourth-order valence-corrected chi connectivity index (χ4v) is 3.57. The van der Waals surface area contributed by atoms with Gasteiger partial charge in [0.2, 0.25) is 5.75 Å². The second-order valence-corrected chi connectivity index (χ2v) is 6.75. The molecule has 9 heteroatoms. The van der Waals surface area contributed by atoms with E-state index in [-0.39, 0.29) is 5.11 Å². The lowest BCUT2D eigenvalue weighted by Crippen LogP contribution is -2.34. The van der Waals surface area contributed by atoms with Crippen molar-refractivity contribution < 1.29 is 19.0 Å². The van der Waals surface area contributed by atoms with Crippen molar-refractivity contribution in [1.82, 2.24) is 10.3 Å². The molecule has 0 saturated carbocycles. The first kappa shape index (κ1) is 18.9. The normalized spacial score (nSPS) is 10.3. The highest BCUT2D eigenvalue weighted by atomic mass is 32.1. The lowest BCUT2D eigenvalue weighted by atomic mass is 10.1. The standard InChI is InChI=1S/C18H17N3O4S2/c1-23-12-8-10(9-13(24-2)15(12)25-3)16(22)20-17(26)21-18-19-11-6-4-5-7-14(11)27-18/h4-9H,1-3H3,(H2,19,20,21,22,26). The zero-order chi connectivity index (χ0) is 19.4. The number of carbonyl (C=O) groups excluding carboxylic acids is 1.